The van der Waals surface area contributed by atoms with Gasteiger partial charge in [0, 0.05) is 5.69 Å². The average Bonchev–Trinajstić information content (AvgIpc) is 2.74. The van der Waals surface area contributed by atoms with E-state index in [2.05, 4.69) is 5.32 Å². The Balaban J connectivity index is 1.63. The molecular formula is C24H22N2O2. The summed E-state index contributed by atoms with van der Waals surface area (Å²) < 4.78 is 0. The maximum absolute atomic E-state index is 13.1. The van der Waals surface area contributed by atoms with Crippen molar-refractivity contribution >= 4 is 17.5 Å². The molecule has 3 aromatic rings. The van der Waals surface area contributed by atoms with Gasteiger partial charge in [0.25, 0.3) is 0 Å². The SMILES string of the molecule is CC(c1ccccc1)N1C(=O)[C@H](C(=O)Nc2ccccc2)[C@H]1c1ccccc1. The van der Waals surface area contributed by atoms with Gasteiger partial charge in [-0.15, -0.1) is 0 Å². The molecule has 0 bridgehead atoms. The molecule has 1 fully saturated rings. The molecule has 2 amide bonds. The summed E-state index contributed by atoms with van der Waals surface area (Å²) in [5, 5.41) is 2.89. The molecule has 4 nitrogen and oxygen atoms in total. The molecule has 4 rings (SSSR count). The smallest absolute Gasteiger partial charge is 0.239 e. The van der Waals surface area contributed by atoms with Crippen molar-refractivity contribution in [2.24, 2.45) is 5.92 Å². The molecule has 0 aliphatic carbocycles. The molecular weight excluding hydrogens is 348 g/mol. The van der Waals surface area contributed by atoms with Crippen molar-refractivity contribution in [2.45, 2.75) is 19.0 Å². The van der Waals surface area contributed by atoms with Crippen molar-refractivity contribution in [3.63, 3.8) is 0 Å². The van der Waals surface area contributed by atoms with Gasteiger partial charge in [-0.1, -0.05) is 78.9 Å². The second kappa shape index (κ2) is 7.69. The third kappa shape index (κ3) is 3.29. The van der Waals surface area contributed by atoms with Crippen LogP contribution in [-0.2, 0) is 9.59 Å². The first kappa shape index (κ1) is 18.0. The van der Waals surface area contributed by atoms with E-state index in [9.17, 15) is 9.59 Å². The number of para-hydroxylation sites is 1. The first-order chi connectivity index (χ1) is 13.7. The van der Waals surface area contributed by atoms with Crippen LogP contribution in [0, 0.1) is 5.92 Å². The van der Waals surface area contributed by atoms with E-state index in [1.165, 1.54) is 0 Å². The number of benzene rings is 3. The number of rotatable bonds is 5. The zero-order valence-electron chi connectivity index (χ0n) is 15.7. The number of anilines is 1. The van der Waals surface area contributed by atoms with Gasteiger partial charge in [0.2, 0.25) is 11.8 Å². The lowest BCUT2D eigenvalue weighted by atomic mass is 9.79. The maximum Gasteiger partial charge on any atom is 0.239 e. The summed E-state index contributed by atoms with van der Waals surface area (Å²) in [5.74, 6) is -1.13. The molecule has 3 atom stereocenters. The predicted octanol–water partition coefficient (Wildman–Crippen LogP) is 4.59. The minimum Gasteiger partial charge on any atom is -0.327 e. The number of carbonyl (C=O) groups excluding carboxylic acids is 2. The minimum absolute atomic E-state index is 0.111. The van der Waals surface area contributed by atoms with E-state index >= 15 is 0 Å². The molecule has 1 N–H and O–H groups in total. The molecule has 1 aliphatic rings. The quantitative estimate of drug-likeness (QED) is 0.528. The molecule has 4 heteroatoms. The predicted molar refractivity (Wildman–Crippen MR) is 109 cm³/mol. The molecule has 1 heterocycles. The highest BCUT2D eigenvalue weighted by molar-refractivity contribution is 6.11. The lowest BCUT2D eigenvalue weighted by molar-refractivity contribution is -0.165. The fraction of sp³-hybridized carbons (Fsp3) is 0.167. The first-order valence-electron chi connectivity index (χ1n) is 9.45. The van der Waals surface area contributed by atoms with Crippen LogP contribution in [0.4, 0.5) is 5.69 Å². The van der Waals surface area contributed by atoms with E-state index in [1.807, 2.05) is 103 Å². The number of β-lactam (4-membered cyclic amide) rings is 1. The highest BCUT2D eigenvalue weighted by atomic mass is 16.2. The van der Waals surface area contributed by atoms with E-state index in [0.717, 1.165) is 11.1 Å². The normalized spacial score (nSPS) is 19.6. The Morgan fingerprint density at radius 2 is 1.39 bits per heavy atom. The summed E-state index contributed by atoms with van der Waals surface area (Å²) in [6.07, 6.45) is 0. The Hall–Kier alpha value is -3.40. The number of carbonyl (C=O) groups is 2. The summed E-state index contributed by atoms with van der Waals surface area (Å²) in [5.41, 5.74) is 2.72. The highest BCUT2D eigenvalue weighted by Crippen LogP contribution is 2.45. The van der Waals surface area contributed by atoms with Crippen molar-refractivity contribution in [3.8, 4) is 0 Å². The summed E-state index contributed by atoms with van der Waals surface area (Å²) in [6, 6.07) is 28.5. The van der Waals surface area contributed by atoms with E-state index < -0.39 is 5.92 Å². The molecule has 1 saturated heterocycles. The van der Waals surface area contributed by atoms with Crippen LogP contribution < -0.4 is 5.32 Å². The zero-order valence-corrected chi connectivity index (χ0v) is 15.7. The van der Waals surface area contributed by atoms with Crippen LogP contribution in [0.25, 0.3) is 0 Å². The van der Waals surface area contributed by atoms with E-state index in [1.54, 1.807) is 0 Å². The Labute approximate surface area is 164 Å². The number of likely N-dealkylation sites (tertiary alicyclic amines) is 1. The number of hydrogen-bond donors (Lipinski definition) is 1. The van der Waals surface area contributed by atoms with Gasteiger partial charge < -0.3 is 10.2 Å². The van der Waals surface area contributed by atoms with Crippen LogP contribution in [0.5, 0.6) is 0 Å². The van der Waals surface area contributed by atoms with Crippen LogP contribution in [0.3, 0.4) is 0 Å². The van der Waals surface area contributed by atoms with Crippen LogP contribution in [0.2, 0.25) is 0 Å². The lowest BCUT2D eigenvalue weighted by Crippen LogP contribution is -2.59. The molecule has 1 unspecified atom stereocenters. The van der Waals surface area contributed by atoms with Gasteiger partial charge in [-0.05, 0) is 30.2 Å². The Bertz CT molecular complexity index is 958. The molecule has 0 spiro atoms. The molecule has 28 heavy (non-hydrogen) atoms. The number of amides is 2. The van der Waals surface area contributed by atoms with Crippen LogP contribution in [0.1, 0.15) is 30.1 Å². The van der Waals surface area contributed by atoms with Crippen molar-refractivity contribution in [2.75, 3.05) is 5.32 Å². The van der Waals surface area contributed by atoms with E-state index in [-0.39, 0.29) is 23.9 Å². The minimum atomic E-state index is -0.728. The molecule has 1 aliphatic heterocycles. The fourth-order valence-corrected chi connectivity index (χ4v) is 3.84. The number of nitrogens with one attached hydrogen (secondary N) is 1. The molecule has 0 radical (unpaired) electrons. The van der Waals surface area contributed by atoms with Gasteiger partial charge in [-0.25, -0.2) is 0 Å². The van der Waals surface area contributed by atoms with E-state index in [0.29, 0.717) is 5.69 Å². The Morgan fingerprint density at radius 3 is 2.00 bits per heavy atom. The summed E-state index contributed by atoms with van der Waals surface area (Å²) in [4.78, 5) is 27.8. The van der Waals surface area contributed by atoms with Crippen LogP contribution in [-0.4, -0.2) is 16.7 Å². The third-order valence-corrected chi connectivity index (χ3v) is 5.30. The van der Waals surface area contributed by atoms with Gasteiger partial charge in [0.1, 0.15) is 5.92 Å². The number of nitrogens with zero attached hydrogens (tertiary/aromatic N) is 1. The van der Waals surface area contributed by atoms with Crippen LogP contribution >= 0.6 is 0 Å². The maximum atomic E-state index is 13.1. The second-order valence-electron chi connectivity index (χ2n) is 7.02. The fourth-order valence-electron chi connectivity index (χ4n) is 3.84. The average molecular weight is 370 g/mol. The topological polar surface area (TPSA) is 49.4 Å². The molecule has 0 aromatic heterocycles. The second-order valence-corrected chi connectivity index (χ2v) is 7.02. The van der Waals surface area contributed by atoms with Gasteiger partial charge in [0.15, 0.2) is 0 Å². The number of hydrogen-bond acceptors (Lipinski definition) is 2. The lowest BCUT2D eigenvalue weighted by Gasteiger charge is -2.49. The largest absolute Gasteiger partial charge is 0.327 e. The van der Waals surface area contributed by atoms with Gasteiger partial charge >= 0.3 is 0 Å². The van der Waals surface area contributed by atoms with Crippen molar-refractivity contribution in [3.05, 3.63) is 102 Å². The molecule has 3 aromatic carbocycles. The standard InChI is InChI=1S/C24H22N2O2/c1-17(18-11-5-2-6-12-18)26-22(19-13-7-3-8-14-19)21(24(26)28)23(27)25-20-15-9-4-10-16-20/h2-17,21-22H,1H3,(H,25,27)/t17?,21-,22+/m0/s1. The first-order valence-corrected chi connectivity index (χ1v) is 9.45. The Kier molecular flexibility index (Phi) is 4.94. The highest BCUT2D eigenvalue weighted by Gasteiger charge is 2.54. The molecule has 140 valence electrons. The summed E-state index contributed by atoms with van der Waals surface area (Å²) in [6.45, 7) is 2.01. The van der Waals surface area contributed by atoms with Crippen molar-refractivity contribution in [1.82, 2.24) is 4.90 Å². The third-order valence-electron chi connectivity index (χ3n) is 5.30. The zero-order chi connectivity index (χ0) is 19.5. The summed E-state index contributed by atoms with van der Waals surface area (Å²) >= 11 is 0. The monoisotopic (exact) mass is 370 g/mol. The van der Waals surface area contributed by atoms with Gasteiger partial charge in [-0.2, -0.15) is 0 Å². The van der Waals surface area contributed by atoms with Crippen LogP contribution in [0.15, 0.2) is 91.0 Å². The molecule has 0 saturated carbocycles. The van der Waals surface area contributed by atoms with Crippen molar-refractivity contribution < 1.29 is 9.59 Å². The van der Waals surface area contributed by atoms with E-state index in [4.69, 9.17) is 0 Å². The summed E-state index contributed by atoms with van der Waals surface area (Å²) in [7, 11) is 0. The Morgan fingerprint density at radius 1 is 0.857 bits per heavy atom. The van der Waals surface area contributed by atoms with Crippen molar-refractivity contribution in [1.29, 1.82) is 0 Å². The van der Waals surface area contributed by atoms with Gasteiger partial charge in [-0.3, -0.25) is 9.59 Å². The van der Waals surface area contributed by atoms with Gasteiger partial charge in [0.05, 0.1) is 12.1 Å².